The molecule has 6 heteroatoms. The third-order valence-corrected chi connectivity index (χ3v) is 4.84. The van der Waals surface area contributed by atoms with Gasteiger partial charge in [0.05, 0.1) is 23.9 Å². The molecule has 1 aromatic rings. The van der Waals surface area contributed by atoms with Gasteiger partial charge in [-0.3, -0.25) is 4.79 Å². The third kappa shape index (κ3) is 3.40. The molecule has 0 aromatic heterocycles. The summed E-state index contributed by atoms with van der Waals surface area (Å²) < 4.78 is 25.6. The number of carbonyl (C=O) groups excluding carboxylic acids is 1. The van der Waals surface area contributed by atoms with Gasteiger partial charge in [0.1, 0.15) is 5.78 Å². The topological polar surface area (TPSA) is 78.2 Å². The molecule has 1 fully saturated rings. The number of ketones is 1. The van der Waals surface area contributed by atoms with Gasteiger partial charge in [0, 0.05) is 13.0 Å². The first-order valence-electron chi connectivity index (χ1n) is 6.00. The van der Waals surface area contributed by atoms with Crippen molar-refractivity contribution in [3.05, 3.63) is 35.4 Å². The molecule has 1 aliphatic heterocycles. The van der Waals surface area contributed by atoms with E-state index in [4.69, 9.17) is 5.26 Å². The molecule has 1 aliphatic rings. The summed E-state index contributed by atoms with van der Waals surface area (Å²) in [6.45, 7) is 0.392. The monoisotopic (exact) mass is 278 g/mol. The van der Waals surface area contributed by atoms with Crippen LogP contribution in [-0.4, -0.2) is 31.6 Å². The molecule has 5 nitrogen and oxygen atoms in total. The summed E-state index contributed by atoms with van der Waals surface area (Å²) in [5, 5.41) is 8.68. The normalized spacial score (nSPS) is 17.1. The molecule has 0 saturated carbocycles. The largest absolute Gasteiger partial charge is 0.298 e. The first kappa shape index (κ1) is 13.7. The number of nitriles is 1. The number of benzene rings is 1. The van der Waals surface area contributed by atoms with Gasteiger partial charge in [-0.1, -0.05) is 12.1 Å². The molecule has 2 rings (SSSR count). The van der Waals surface area contributed by atoms with E-state index < -0.39 is 10.0 Å². The van der Waals surface area contributed by atoms with Crippen LogP contribution in [0.4, 0.5) is 0 Å². The third-order valence-electron chi connectivity index (χ3n) is 3.04. The van der Waals surface area contributed by atoms with Gasteiger partial charge >= 0.3 is 0 Å². The molecular formula is C13H14N2O3S. The van der Waals surface area contributed by atoms with Crippen LogP contribution in [0.25, 0.3) is 0 Å². The second kappa shape index (κ2) is 5.51. The van der Waals surface area contributed by atoms with Crippen LogP contribution >= 0.6 is 0 Å². The lowest BCUT2D eigenvalue weighted by atomic mass is 10.1. The van der Waals surface area contributed by atoms with E-state index in [0.717, 1.165) is 0 Å². The fourth-order valence-electron chi connectivity index (χ4n) is 2.02. The van der Waals surface area contributed by atoms with Crippen molar-refractivity contribution in [3.63, 3.8) is 0 Å². The van der Waals surface area contributed by atoms with E-state index >= 15 is 0 Å². The summed E-state index contributed by atoms with van der Waals surface area (Å²) in [6, 6.07) is 8.41. The van der Waals surface area contributed by atoms with E-state index in [9.17, 15) is 13.2 Å². The minimum absolute atomic E-state index is 0.0153. The van der Waals surface area contributed by atoms with Gasteiger partial charge in [0.2, 0.25) is 10.0 Å². The van der Waals surface area contributed by atoms with Crippen LogP contribution in [0.1, 0.15) is 24.0 Å². The fourth-order valence-corrected chi connectivity index (χ4v) is 3.57. The van der Waals surface area contributed by atoms with Crippen molar-refractivity contribution >= 4 is 15.8 Å². The van der Waals surface area contributed by atoms with Crippen molar-refractivity contribution in [1.29, 1.82) is 5.26 Å². The Morgan fingerprint density at radius 1 is 1.26 bits per heavy atom. The molecule has 1 heterocycles. The minimum Gasteiger partial charge on any atom is -0.298 e. The molecule has 0 bridgehead atoms. The van der Waals surface area contributed by atoms with Crippen LogP contribution in [0, 0.1) is 11.3 Å². The highest BCUT2D eigenvalue weighted by molar-refractivity contribution is 7.88. The standard InChI is InChI=1S/C13H14N2O3S/c14-8-11-3-5-12(6-4-11)10-19(17,18)15-7-1-2-13(16)9-15/h3-6H,1-2,7,9-10H2. The quantitative estimate of drug-likeness (QED) is 0.828. The zero-order valence-corrected chi connectivity index (χ0v) is 11.2. The summed E-state index contributed by atoms with van der Waals surface area (Å²) in [7, 11) is -3.46. The second-order valence-electron chi connectivity index (χ2n) is 4.54. The molecule has 19 heavy (non-hydrogen) atoms. The van der Waals surface area contributed by atoms with Crippen molar-refractivity contribution in [2.24, 2.45) is 0 Å². The van der Waals surface area contributed by atoms with Crippen LogP contribution in [-0.2, 0) is 20.6 Å². The van der Waals surface area contributed by atoms with Gasteiger partial charge in [-0.25, -0.2) is 8.42 Å². The van der Waals surface area contributed by atoms with Crippen LogP contribution in [0.5, 0.6) is 0 Å². The van der Waals surface area contributed by atoms with Crippen LogP contribution in [0.2, 0.25) is 0 Å². The lowest BCUT2D eigenvalue weighted by Gasteiger charge is -2.25. The SMILES string of the molecule is N#Cc1ccc(CS(=O)(=O)N2CCCC(=O)C2)cc1. The Kier molecular flexibility index (Phi) is 3.98. The summed E-state index contributed by atoms with van der Waals surface area (Å²) in [5.41, 5.74) is 1.12. The molecule has 100 valence electrons. The van der Waals surface area contributed by atoms with Crippen molar-refractivity contribution < 1.29 is 13.2 Å². The molecule has 0 unspecified atom stereocenters. The van der Waals surface area contributed by atoms with Crippen molar-refractivity contribution in [2.45, 2.75) is 18.6 Å². The second-order valence-corrected chi connectivity index (χ2v) is 6.51. The molecule has 0 atom stereocenters. The molecule has 0 aliphatic carbocycles. The average Bonchev–Trinajstić information content (AvgIpc) is 2.39. The number of hydrogen-bond donors (Lipinski definition) is 0. The summed E-state index contributed by atoms with van der Waals surface area (Å²) >= 11 is 0. The molecule has 0 radical (unpaired) electrons. The van der Waals surface area contributed by atoms with Crippen LogP contribution in [0.15, 0.2) is 24.3 Å². The van der Waals surface area contributed by atoms with E-state index in [2.05, 4.69) is 0 Å². The smallest absolute Gasteiger partial charge is 0.218 e. The number of carbonyl (C=O) groups is 1. The molecular weight excluding hydrogens is 264 g/mol. The first-order valence-corrected chi connectivity index (χ1v) is 7.61. The maximum absolute atomic E-state index is 12.2. The van der Waals surface area contributed by atoms with Gasteiger partial charge in [0.25, 0.3) is 0 Å². The maximum atomic E-state index is 12.2. The Bertz CT molecular complexity index is 614. The van der Waals surface area contributed by atoms with E-state index in [1.54, 1.807) is 24.3 Å². The number of sulfonamides is 1. The minimum atomic E-state index is -3.46. The summed E-state index contributed by atoms with van der Waals surface area (Å²) in [4.78, 5) is 11.3. The number of hydrogen-bond acceptors (Lipinski definition) is 4. The average molecular weight is 278 g/mol. The first-order chi connectivity index (χ1) is 9.01. The number of Topliss-reactive ketones (excluding diaryl/α,β-unsaturated/α-hetero) is 1. The summed E-state index contributed by atoms with van der Waals surface area (Å²) in [5.74, 6) is -0.166. The molecule has 1 aromatic carbocycles. The summed E-state index contributed by atoms with van der Waals surface area (Å²) in [6.07, 6.45) is 1.05. The Balaban J connectivity index is 2.12. The maximum Gasteiger partial charge on any atom is 0.218 e. The van der Waals surface area contributed by atoms with Gasteiger partial charge in [0.15, 0.2) is 0 Å². The predicted octanol–water partition coefficient (Wildman–Crippen LogP) is 1.05. The van der Waals surface area contributed by atoms with Crippen LogP contribution < -0.4 is 0 Å². The number of rotatable bonds is 3. The Hall–Kier alpha value is -1.71. The Morgan fingerprint density at radius 3 is 2.53 bits per heavy atom. The number of piperidine rings is 1. The highest BCUT2D eigenvalue weighted by atomic mass is 32.2. The van der Waals surface area contributed by atoms with E-state index in [1.165, 1.54) is 4.31 Å². The lowest BCUT2D eigenvalue weighted by molar-refractivity contribution is -0.120. The zero-order valence-electron chi connectivity index (χ0n) is 10.4. The van der Waals surface area contributed by atoms with Gasteiger partial charge in [-0.2, -0.15) is 9.57 Å². The predicted molar refractivity (Wildman–Crippen MR) is 69.6 cm³/mol. The number of nitrogens with zero attached hydrogens (tertiary/aromatic N) is 2. The van der Waals surface area contributed by atoms with Gasteiger partial charge in [-0.05, 0) is 24.1 Å². The Labute approximate surface area is 112 Å². The molecule has 0 amide bonds. The molecule has 1 saturated heterocycles. The van der Waals surface area contributed by atoms with Crippen molar-refractivity contribution in [2.75, 3.05) is 13.1 Å². The van der Waals surface area contributed by atoms with Crippen molar-refractivity contribution in [3.8, 4) is 6.07 Å². The highest BCUT2D eigenvalue weighted by Crippen LogP contribution is 2.16. The molecule has 0 spiro atoms. The fraction of sp³-hybridized carbons (Fsp3) is 0.385. The highest BCUT2D eigenvalue weighted by Gasteiger charge is 2.27. The van der Waals surface area contributed by atoms with E-state index in [-0.39, 0.29) is 18.1 Å². The Morgan fingerprint density at radius 2 is 1.95 bits per heavy atom. The van der Waals surface area contributed by atoms with Gasteiger partial charge < -0.3 is 0 Å². The van der Waals surface area contributed by atoms with Gasteiger partial charge in [-0.15, -0.1) is 0 Å². The lowest BCUT2D eigenvalue weighted by Crippen LogP contribution is -2.40. The van der Waals surface area contributed by atoms with E-state index in [1.807, 2.05) is 6.07 Å². The van der Waals surface area contributed by atoms with Crippen molar-refractivity contribution in [1.82, 2.24) is 4.31 Å². The molecule has 0 N–H and O–H groups in total. The van der Waals surface area contributed by atoms with E-state index in [0.29, 0.717) is 30.5 Å². The zero-order chi connectivity index (χ0) is 13.9. The van der Waals surface area contributed by atoms with Crippen LogP contribution in [0.3, 0.4) is 0 Å².